The Morgan fingerprint density at radius 2 is 1.90 bits per heavy atom. The SMILES string of the molecule is C=CC1C[N+]2(Cc3ccccc3)CCC1CC2[C@H](C)c1ccnc2ccccc12. The Kier molecular flexibility index (Phi) is 4.75. The van der Waals surface area contributed by atoms with Crippen LogP contribution in [-0.4, -0.2) is 28.6 Å². The fraction of sp³-hybridized carbons (Fsp3) is 0.370. The average molecular weight is 384 g/mol. The highest BCUT2D eigenvalue weighted by molar-refractivity contribution is 5.82. The van der Waals surface area contributed by atoms with E-state index in [0.29, 0.717) is 17.9 Å². The molecule has 4 heterocycles. The molecule has 2 bridgehead atoms. The second-order valence-electron chi connectivity index (χ2n) is 9.23. The Balaban J connectivity index is 1.56. The zero-order valence-corrected chi connectivity index (χ0v) is 17.4. The molecule has 0 aliphatic carbocycles. The molecule has 0 amide bonds. The highest BCUT2D eigenvalue weighted by atomic mass is 15.4. The van der Waals surface area contributed by atoms with Gasteiger partial charge in [0.1, 0.15) is 6.54 Å². The molecule has 5 atom stereocenters. The van der Waals surface area contributed by atoms with E-state index >= 15 is 0 Å². The number of benzene rings is 2. The lowest BCUT2D eigenvalue weighted by molar-refractivity contribution is -0.982. The molecule has 1 aromatic heterocycles. The maximum absolute atomic E-state index is 4.61. The van der Waals surface area contributed by atoms with Crippen molar-refractivity contribution in [2.24, 2.45) is 11.8 Å². The van der Waals surface area contributed by atoms with E-state index in [9.17, 15) is 0 Å². The summed E-state index contributed by atoms with van der Waals surface area (Å²) in [4.78, 5) is 4.61. The van der Waals surface area contributed by atoms with Gasteiger partial charge in [-0.05, 0) is 23.6 Å². The quantitative estimate of drug-likeness (QED) is 0.392. The third-order valence-electron chi connectivity index (χ3n) is 7.77. The van der Waals surface area contributed by atoms with Gasteiger partial charge in [0.15, 0.2) is 0 Å². The molecular weight excluding hydrogens is 352 g/mol. The summed E-state index contributed by atoms with van der Waals surface area (Å²) in [6, 6.07) is 22.6. The van der Waals surface area contributed by atoms with Gasteiger partial charge in [-0.15, -0.1) is 6.58 Å². The summed E-state index contributed by atoms with van der Waals surface area (Å²) in [6.07, 6.45) is 6.88. The lowest BCUT2D eigenvalue weighted by Crippen LogP contribution is -2.67. The zero-order chi connectivity index (χ0) is 19.8. The molecule has 4 unspecified atom stereocenters. The minimum Gasteiger partial charge on any atom is -0.316 e. The summed E-state index contributed by atoms with van der Waals surface area (Å²) in [5.74, 6) is 1.97. The Morgan fingerprint density at radius 1 is 1.10 bits per heavy atom. The van der Waals surface area contributed by atoms with E-state index in [1.54, 1.807) is 0 Å². The maximum Gasteiger partial charge on any atom is 0.105 e. The van der Waals surface area contributed by atoms with Crippen LogP contribution in [0.4, 0.5) is 0 Å². The molecule has 0 N–H and O–H groups in total. The number of aromatic nitrogens is 1. The molecule has 0 spiro atoms. The number of nitrogens with zero attached hydrogens (tertiary/aromatic N) is 2. The second kappa shape index (κ2) is 7.42. The number of quaternary nitrogens is 1. The van der Waals surface area contributed by atoms with Crippen molar-refractivity contribution < 1.29 is 4.48 Å². The topological polar surface area (TPSA) is 12.9 Å². The molecule has 3 fully saturated rings. The van der Waals surface area contributed by atoms with Gasteiger partial charge in [0.25, 0.3) is 0 Å². The Hall–Kier alpha value is -2.45. The van der Waals surface area contributed by atoms with Crippen molar-refractivity contribution in [3.8, 4) is 0 Å². The van der Waals surface area contributed by atoms with Gasteiger partial charge in [-0.2, -0.15) is 0 Å². The Morgan fingerprint density at radius 3 is 2.72 bits per heavy atom. The average Bonchev–Trinajstić information content (AvgIpc) is 2.78. The van der Waals surface area contributed by atoms with E-state index in [0.717, 1.165) is 18.0 Å². The molecule has 3 aromatic rings. The van der Waals surface area contributed by atoms with Gasteiger partial charge in [-0.3, -0.25) is 4.98 Å². The normalized spacial score (nSPS) is 29.6. The van der Waals surface area contributed by atoms with Gasteiger partial charge in [0.2, 0.25) is 0 Å². The predicted octanol–water partition coefficient (Wildman–Crippen LogP) is 5.95. The lowest BCUT2D eigenvalue weighted by atomic mass is 9.69. The van der Waals surface area contributed by atoms with Crippen LogP contribution in [0, 0.1) is 11.8 Å². The molecule has 2 heteroatoms. The summed E-state index contributed by atoms with van der Waals surface area (Å²) < 4.78 is 1.20. The largest absolute Gasteiger partial charge is 0.316 e. The minimum atomic E-state index is 0.514. The molecule has 2 nitrogen and oxygen atoms in total. The Labute approximate surface area is 174 Å². The molecule has 3 saturated heterocycles. The van der Waals surface area contributed by atoms with Crippen LogP contribution in [-0.2, 0) is 6.54 Å². The van der Waals surface area contributed by atoms with Crippen LogP contribution >= 0.6 is 0 Å². The summed E-state index contributed by atoms with van der Waals surface area (Å²) in [7, 11) is 0. The van der Waals surface area contributed by atoms with Crippen LogP contribution in [0.25, 0.3) is 10.9 Å². The van der Waals surface area contributed by atoms with Gasteiger partial charge < -0.3 is 4.48 Å². The highest BCUT2D eigenvalue weighted by Gasteiger charge is 2.53. The summed E-state index contributed by atoms with van der Waals surface area (Å²) in [5.41, 5.74) is 4.05. The monoisotopic (exact) mass is 383 g/mol. The fourth-order valence-corrected chi connectivity index (χ4v) is 6.30. The van der Waals surface area contributed by atoms with Crippen molar-refractivity contribution in [2.75, 3.05) is 13.1 Å². The molecule has 0 radical (unpaired) electrons. The van der Waals surface area contributed by atoms with Crippen molar-refractivity contribution in [3.05, 3.63) is 90.6 Å². The van der Waals surface area contributed by atoms with Crippen molar-refractivity contribution in [2.45, 2.75) is 38.3 Å². The minimum absolute atomic E-state index is 0.514. The number of fused-ring (bicyclic) bond motifs is 4. The van der Waals surface area contributed by atoms with Gasteiger partial charge in [-0.25, -0.2) is 0 Å². The molecular formula is C27H31N2+. The summed E-state index contributed by atoms with van der Waals surface area (Å²) in [6.45, 7) is 10.3. The van der Waals surface area contributed by atoms with E-state index < -0.39 is 0 Å². The zero-order valence-electron chi connectivity index (χ0n) is 17.4. The highest BCUT2D eigenvalue weighted by Crippen LogP contribution is 2.48. The van der Waals surface area contributed by atoms with Crippen LogP contribution in [0.5, 0.6) is 0 Å². The third kappa shape index (κ3) is 3.20. The molecule has 148 valence electrons. The van der Waals surface area contributed by atoms with E-state index in [2.05, 4.69) is 85.2 Å². The van der Waals surface area contributed by atoms with Crippen LogP contribution in [0.3, 0.4) is 0 Å². The van der Waals surface area contributed by atoms with Crippen molar-refractivity contribution in [1.82, 2.24) is 4.98 Å². The molecule has 29 heavy (non-hydrogen) atoms. The van der Waals surface area contributed by atoms with Gasteiger partial charge in [-0.1, -0.05) is 61.5 Å². The predicted molar refractivity (Wildman–Crippen MR) is 120 cm³/mol. The first-order valence-electron chi connectivity index (χ1n) is 11.1. The fourth-order valence-electron chi connectivity index (χ4n) is 6.30. The molecule has 2 aromatic carbocycles. The van der Waals surface area contributed by atoms with Crippen molar-refractivity contribution in [3.63, 3.8) is 0 Å². The standard InChI is InChI=1S/C27H31N2/c1-3-22-19-29(18-21-9-5-4-6-10-21)16-14-23(22)17-27(29)20(2)24-13-15-28-26-12-8-7-11-25(24)26/h3-13,15,20,22-23,27H,1,14,16-19H2,2H3/q+1/t20-,22?,23?,27?,29?/m1/s1. The van der Waals surface area contributed by atoms with Crippen molar-refractivity contribution >= 4 is 10.9 Å². The number of pyridine rings is 1. The first kappa shape index (κ1) is 18.6. The van der Waals surface area contributed by atoms with Gasteiger partial charge in [0, 0.05) is 41.8 Å². The number of hydrogen-bond acceptors (Lipinski definition) is 1. The molecule has 3 aliphatic heterocycles. The van der Waals surface area contributed by atoms with Crippen LogP contribution < -0.4 is 0 Å². The molecule has 6 rings (SSSR count). The molecule has 0 saturated carbocycles. The van der Waals surface area contributed by atoms with E-state index in [1.165, 1.54) is 46.9 Å². The number of hydrogen-bond donors (Lipinski definition) is 0. The second-order valence-corrected chi connectivity index (χ2v) is 9.23. The number of para-hydroxylation sites is 1. The smallest absolute Gasteiger partial charge is 0.105 e. The first-order chi connectivity index (χ1) is 14.2. The third-order valence-corrected chi connectivity index (χ3v) is 7.77. The van der Waals surface area contributed by atoms with Crippen LogP contribution in [0.15, 0.2) is 79.5 Å². The van der Waals surface area contributed by atoms with Crippen LogP contribution in [0.2, 0.25) is 0 Å². The first-order valence-corrected chi connectivity index (χ1v) is 11.1. The van der Waals surface area contributed by atoms with E-state index in [4.69, 9.17) is 0 Å². The summed E-state index contributed by atoms with van der Waals surface area (Å²) in [5, 5.41) is 1.32. The maximum atomic E-state index is 4.61. The van der Waals surface area contributed by atoms with E-state index in [1.807, 2.05) is 6.20 Å². The summed E-state index contributed by atoms with van der Waals surface area (Å²) >= 11 is 0. The lowest BCUT2D eigenvalue weighted by Gasteiger charge is -2.58. The Bertz CT molecular complexity index is 1010. The van der Waals surface area contributed by atoms with Crippen molar-refractivity contribution in [1.29, 1.82) is 0 Å². The van der Waals surface area contributed by atoms with E-state index in [-0.39, 0.29) is 0 Å². The van der Waals surface area contributed by atoms with Gasteiger partial charge in [0.05, 0.1) is 24.6 Å². The molecule has 3 aliphatic rings. The number of rotatable bonds is 5. The van der Waals surface area contributed by atoms with Crippen LogP contribution in [0.1, 0.15) is 36.8 Å². The van der Waals surface area contributed by atoms with Gasteiger partial charge >= 0.3 is 0 Å². The number of piperidine rings is 3.